The van der Waals surface area contributed by atoms with Crippen molar-refractivity contribution < 1.29 is 13.6 Å². The fourth-order valence-corrected chi connectivity index (χ4v) is 8.20. The first-order valence-electron chi connectivity index (χ1n) is 17.7. The molecule has 0 saturated heterocycles. The van der Waals surface area contributed by atoms with Crippen molar-refractivity contribution in [3.8, 4) is 28.2 Å². The molecule has 246 valence electrons. The summed E-state index contributed by atoms with van der Waals surface area (Å²) < 4.78 is 18.6. The maximum absolute atomic E-state index is 6.94. The van der Waals surface area contributed by atoms with E-state index in [2.05, 4.69) is 163 Å². The number of hydrogen-bond acceptors (Lipinski definition) is 4. The predicted molar refractivity (Wildman–Crippen MR) is 211 cm³/mol. The van der Waals surface area contributed by atoms with Crippen LogP contribution in [0.1, 0.15) is 11.5 Å². The molecule has 1 aliphatic carbocycles. The molecule has 3 heterocycles. The average molecular weight is 670 g/mol. The molecule has 2 atom stereocenters. The molecule has 0 radical (unpaired) electrons. The highest BCUT2D eigenvalue weighted by Gasteiger charge is 2.37. The van der Waals surface area contributed by atoms with Gasteiger partial charge in [-0.05, 0) is 92.7 Å². The summed E-state index contributed by atoms with van der Waals surface area (Å²) in [5.74, 6) is 1.88. The highest BCUT2D eigenvalue weighted by atomic mass is 16.5. The lowest BCUT2D eigenvalue weighted by molar-refractivity contribution is 0.270. The third-order valence-corrected chi connectivity index (χ3v) is 10.7. The number of benzene rings is 7. The fourth-order valence-electron chi connectivity index (χ4n) is 8.20. The van der Waals surface area contributed by atoms with E-state index in [9.17, 15) is 0 Å². The lowest BCUT2D eigenvalue weighted by atomic mass is 9.85. The molecule has 4 nitrogen and oxygen atoms in total. The summed E-state index contributed by atoms with van der Waals surface area (Å²) in [7, 11) is 0. The van der Waals surface area contributed by atoms with Gasteiger partial charge in [0.2, 0.25) is 0 Å². The maximum atomic E-state index is 6.94. The van der Waals surface area contributed by atoms with Crippen LogP contribution < -0.4 is 9.64 Å². The molecule has 0 saturated carbocycles. The number of rotatable bonds is 5. The predicted octanol–water partition coefficient (Wildman–Crippen LogP) is 13.0. The van der Waals surface area contributed by atoms with Gasteiger partial charge in [-0.25, -0.2) is 0 Å². The van der Waals surface area contributed by atoms with Crippen molar-refractivity contribution in [1.29, 1.82) is 0 Å². The monoisotopic (exact) mass is 669 g/mol. The first kappa shape index (κ1) is 29.0. The minimum absolute atomic E-state index is 0.111. The minimum Gasteiger partial charge on any atom is -0.484 e. The lowest BCUT2D eigenvalue weighted by Crippen LogP contribution is -2.24. The largest absolute Gasteiger partial charge is 0.484 e. The van der Waals surface area contributed by atoms with Gasteiger partial charge in [0.25, 0.3) is 0 Å². The standard InChI is InChI=1S/C48H31NO3/c1-2-8-30(9-3-1)33-15-14-31-16-21-36(27-34(31)26-33)49(35-19-17-32(18-20-35)44-29-46-43(51-44)24-25-50-46)37-22-23-42-45(28-37)52-48-41-13-7-5-11-39(41)38-10-4-6-12-40(38)47(42)48/h1-29,42,45H. The second-order valence-electron chi connectivity index (χ2n) is 13.6. The Hall–Kier alpha value is -6.78. The van der Waals surface area contributed by atoms with Crippen molar-refractivity contribution in [1.82, 2.24) is 0 Å². The van der Waals surface area contributed by atoms with E-state index in [-0.39, 0.29) is 12.0 Å². The van der Waals surface area contributed by atoms with Crippen molar-refractivity contribution in [3.63, 3.8) is 0 Å². The Morgan fingerprint density at radius 1 is 0.519 bits per heavy atom. The summed E-state index contributed by atoms with van der Waals surface area (Å²) >= 11 is 0. The average Bonchev–Trinajstić information content (AvgIpc) is 3.93. The third-order valence-electron chi connectivity index (χ3n) is 10.7. The first-order valence-corrected chi connectivity index (χ1v) is 17.7. The number of ether oxygens (including phenoxy) is 1. The number of fused-ring (bicyclic) bond motifs is 10. The van der Waals surface area contributed by atoms with E-state index in [1.807, 2.05) is 12.1 Å². The van der Waals surface area contributed by atoms with Gasteiger partial charge in [-0.3, -0.25) is 0 Å². The van der Waals surface area contributed by atoms with Crippen molar-refractivity contribution in [2.75, 3.05) is 4.90 Å². The van der Waals surface area contributed by atoms with Gasteiger partial charge >= 0.3 is 0 Å². The highest BCUT2D eigenvalue weighted by Crippen LogP contribution is 2.51. The van der Waals surface area contributed by atoms with Crippen molar-refractivity contribution in [3.05, 3.63) is 187 Å². The van der Waals surface area contributed by atoms with Crippen LogP contribution >= 0.6 is 0 Å². The Morgan fingerprint density at radius 3 is 2.06 bits per heavy atom. The SMILES string of the molecule is C1=CC2c3c(c4ccccc4c4ccccc34)OC2C=C1N(c1ccc(-c2cc3occc3o2)cc1)c1ccc2ccc(-c3ccccc3)cc2c1. The zero-order valence-electron chi connectivity index (χ0n) is 28.1. The van der Waals surface area contributed by atoms with Crippen molar-refractivity contribution in [2.45, 2.75) is 12.0 Å². The molecule has 0 spiro atoms. The Bertz CT molecular complexity index is 2860. The normalized spacial score (nSPS) is 16.3. The van der Waals surface area contributed by atoms with Crippen LogP contribution in [-0.4, -0.2) is 6.10 Å². The number of furan rings is 2. The van der Waals surface area contributed by atoms with E-state index >= 15 is 0 Å². The summed E-state index contributed by atoms with van der Waals surface area (Å²) in [5, 5.41) is 7.28. The van der Waals surface area contributed by atoms with Crippen LogP contribution in [-0.2, 0) is 0 Å². The van der Waals surface area contributed by atoms with Crippen LogP contribution in [0, 0.1) is 0 Å². The summed E-state index contributed by atoms with van der Waals surface area (Å²) in [6.07, 6.45) is 8.41. The zero-order valence-corrected chi connectivity index (χ0v) is 28.1. The van der Waals surface area contributed by atoms with Gasteiger partial charge in [-0.15, -0.1) is 0 Å². The smallest absolute Gasteiger partial charge is 0.173 e. The second kappa shape index (κ2) is 11.4. The highest BCUT2D eigenvalue weighted by molar-refractivity contribution is 6.13. The van der Waals surface area contributed by atoms with Crippen LogP contribution in [0.2, 0.25) is 0 Å². The molecular formula is C48H31NO3. The van der Waals surface area contributed by atoms with Gasteiger partial charge in [-0.1, -0.05) is 103 Å². The topological polar surface area (TPSA) is 38.8 Å². The molecule has 7 aromatic carbocycles. The van der Waals surface area contributed by atoms with Crippen molar-refractivity contribution >= 4 is 54.9 Å². The van der Waals surface area contributed by atoms with Gasteiger partial charge < -0.3 is 18.5 Å². The molecule has 2 aromatic heterocycles. The number of anilines is 2. The van der Waals surface area contributed by atoms with Gasteiger partial charge in [0.15, 0.2) is 11.2 Å². The Kier molecular flexibility index (Phi) is 6.34. The Labute approximate surface area is 300 Å². The van der Waals surface area contributed by atoms with Crippen LogP contribution in [0.3, 0.4) is 0 Å². The summed E-state index contributed by atoms with van der Waals surface area (Å²) in [5.41, 5.74) is 9.32. The second-order valence-corrected chi connectivity index (χ2v) is 13.6. The lowest BCUT2D eigenvalue weighted by Gasteiger charge is -2.30. The van der Waals surface area contributed by atoms with Crippen LogP contribution in [0.5, 0.6) is 5.75 Å². The molecule has 0 fully saturated rings. The van der Waals surface area contributed by atoms with E-state index in [0.717, 1.165) is 50.7 Å². The fraction of sp³-hybridized carbons (Fsp3) is 0.0417. The Morgan fingerprint density at radius 2 is 1.23 bits per heavy atom. The van der Waals surface area contributed by atoms with Crippen molar-refractivity contribution in [2.24, 2.45) is 0 Å². The third kappa shape index (κ3) is 4.54. The van der Waals surface area contributed by atoms with Crippen LogP contribution in [0.15, 0.2) is 191 Å². The number of allylic oxidation sites excluding steroid dienone is 1. The van der Waals surface area contributed by atoms with Crippen LogP contribution in [0.4, 0.5) is 11.4 Å². The molecule has 2 unspecified atom stereocenters. The molecule has 52 heavy (non-hydrogen) atoms. The number of nitrogens with zero attached hydrogens (tertiary/aromatic N) is 1. The molecular weight excluding hydrogens is 639 g/mol. The molecule has 0 bridgehead atoms. The molecule has 2 aliphatic rings. The molecule has 0 amide bonds. The summed E-state index contributed by atoms with van der Waals surface area (Å²) in [6.45, 7) is 0. The molecule has 9 aromatic rings. The summed E-state index contributed by atoms with van der Waals surface area (Å²) in [4.78, 5) is 2.33. The van der Waals surface area contributed by atoms with E-state index in [4.69, 9.17) is 13.6 Å². The molecule has 11 rings (SSSR count). The maximum Gasteiger partial charge on any atom is 0.173 e. The van der Waals surface area contributed by atoms with Gasteiger partial charge in [-0.2, -0.15) is 0 Å². The van der Waals surface area contributed by atoms with E-state index in [0.29, 0.717) is 0 Å². The summed E-state index contributed by atoms with van der Waals surface area (Å²) in [6, 6.07) is 53.7. The molecule has 4 heteroatoms. The van der Waals surface area contributed by atoms with Gasteiger partial charge in [0.05, 0.1) is 6.26 Å². The Balaban J connectivity index is 1.04. The molecule has 0 N–H and O–H groups in total. The minimum atomic E-state index is -0.144. The first-order chi connectivity index (χ1) is 25.7. The van der Waals surface area contributed by atoms with E-state index in [1.54, 1.807) is 6.26 Å². The zero-order chi connectivity index (χ0) is 34.2. The van der Waals surface area contributed by atoms with Gasteiger partial charge in [0.1, 0.15) is 17.6 Å². The van der Waals surface area contributed by atoms with E-state index in [1.165, 1.54) is 43.6 Å². The quantitative estimate of drug-likeness (QED) is 0.171. The van der Waals surface area contributed by atoms with Crippen LogP contribution in [0.25, 0.3) is 65.9 Å². The van der Waals surface area contributed by atoms with Gasteiger partial charge in [0, 0.05) is 51.6 Å². The number of hydrogen-bond donors (Lipinski definition) is 0. The van der Waals surface area contributed by atoms with E-state index < -0.39 is 0 Å². The molecule has 1 aliphatic heterocycles.